The van der Waals surface area contributed by atoms with E-state index in [2.05, 4.69) is 39.7 Å². The van der Waals surface area contributed by atoms with Crippen molar-refractivity contribution in [3.05, 3.63) is 35.4 Å². The van der Waals surface area contributed by atoms with Crippen molar-refractivity contribution < 1.29 is 0 Å². The van der Waals surface area contributed by atoms with Crippen molar-refractivity contribution in [3.8, 4) is 0 Å². The third-order valence-electron chi connectivity index (χ3n) is 3.67. The van der Waals surface area contributed by atoms with Gasteiger partial charge in [-0.25, -0.2) is 4.98 Å². The summed E-state index contributed by atoms with van der Waals surface area (Å²) in [5.74, 6) is 0. The van der Waals surface area contributed by atoms with Gasteiger partial charge in [0.25, 0.3) is 0 Å². The van der Waals surface area contributed by atoms with E-state index >= 15 is 0 Å². The van der Waals surface area contributed by atoms with Crippen LogP contribution < -0.4 is 5.32 Å². The SMILES string of the molecule is CCc1nn(C)cc1CNc1cnc2c(c1)c(C)nn2C. The average molecular weight is 284 g/mol. The number of fused-ring (bicyclic) bond motifs is 1. The van der Waals surface area contributed by atoms with Crippen LogP contribution in [0.15, 0.2) is 18.5 Å². The molecule has 3 rings (SSSR count). The predicted octanol–water partition coefficient (Wildman–Crippen LogP) is 2.18. The standard InChI is InChI=1S/C15H20N6/c1-5-14-11(9-20(3)19-14)7-16-12-6-13-10(2)18-21(4)15(13)17-8-12/h6,8-9,16H,5,7H2,1-4H3. The molecule has 0 aliphatic rings. The molecule has 0 saturated carbocycles. The highest BCUT2D eigenvalue weighted by molar-refractivity contribution is 5.81. The van der Waals surface area contributed by atoms with E-state index in [0.717, 1.165) is 41.1 Å². The van der Waals surface area contributed by atoms with E-state index in [4.69, 9.17) is 0 Å². The van der Waals surface area contributed by atoms with Crippen molar-refractivity contribution in [2.75, 3.05) is 5.32 Å². The Morgan fingerprint density at radius 1 is 1.24 bits per heavy atom. The Morgan fingerprint density at radius 2 is 2.05 bits per heavy atom. The molecule has 1 N–H and O–H groups in total. The van der Waals surface area contributed by atoms with E-state index in [1.807, 2.05) is 36.6 Å². The number of aryl methyl sites for hydroxylation is 4. The van der Waals surface area contributed by atoms with Gasteiger partial charge >= 0.3 is 0 Å². The Hall–Kier alpha value is -2.37. The Morgan fingerprint density at radius 3 is 2.81 bits per heavy atom. The maximum absolute atomic E-state index is 4.48. The van der Waals surface area contributed by atoms with Gasteiger partial charge in [0, 0.05) is 37.8 Å². The van der Waals surface area contributed by atoms with Crippen LogP contribution >= 0.6 is 0 Å². The quantitative estimate of drug-likeness (QED) is 0.797. The molecule has 0 amide bonds. The molecule has 6 nitrogen and oxygen atoms in total. The van der Waals surface area contributed by atoms with Gasteiger partial charge in [-0.05, 0) is 19.4 Å². The van der Waals surface area contributed by atoms with Crippen LogP contribution in [0.1, 0.15) is 23.9 Å². The van der Waals surface area contributed by atoms with Gasteiger partial charge in [-0.3, -0.25) is 9.36 Å². The Balaban J connectivity index is 1.83. The topological polar surface area (TPSA) is 60.6 Å². The second-order valence-corrected chi connectivity index (χ2v) is 5.29. The first-order valence-corrected chi connectivity index (χ1v) is 7.13. The minimum atomic E-state index is 0.753. The van der Waals surface area contributed by atoms with Gasteiger partial charge in [0.2, 0.25) is 0 Å². The van der Waals surface area contributed by atoms with Gasteiger partial charge in [-0.15, -0.1) is 0 Å². The molecule has 0 spiro atoms. The van der Waals surface area contributed by atoms with Crippen LogP contribution in [0.25, 0.3) is 11.0 Å². The lowest BCUT2D eigenvalue weighted by molar-refractivity contribution is 0.746. The second kappa shape index (κ2) is 5.20. The minimum absolute atomic E-state index is 0.753. The Kier molecular flexibility index (Phi) is 3.37. The highest BCUT2D eigenvalue weighted by Crippen LogP contribution is 2.20. The zero-order chi connectivity index (χ0) is 15.0. The zero-order valence-corrected chi connectivity index (χ0v) is 12.9. The Labute approximate surface area is 123 Å². The molecule has 0 aliphatic heterocycles. The minimum Gasteiger partial charge on any atom is -0.380 e. The van der Waals surface area contributed by atoms with Gasteiger partial charge in [0.15, 0.2) is 5.65 Å². The predicted molar refractivity (Wildman–Crippen MR) is 83.2 cm³/mol. The molecule has 110 valence electrons. The maximum Gasteiger partial charge on any atom is 0.157 e. The molecule has 21 heavy (non-hydrogen) atoms. The summed E-state index contributed by atoms with van der Waals surface area (Å²) in [6.45, 7) is 4.88. The number of pyridine rings is 1. The zero-order valence-electron chi connectivity index (χ0n) is 12.9. The average Bonchev–Trinajstić information content (AvgIpc) is 2.97. The van der Waals surface area contributed by atoms with Crippen molar-refractivity contribution in [2.24, 2.45) is 14.1 Å². The molecule has 3 aromatic rings. The van der Waals surface area contributed by atoms with Gasteiger partial charge in [0.05, 0.1) is 23.3 Å². The van der Waals surface area contributed by atoms with Gasteiger partial charge in [-0.1, -0.05) is 6.92 Å². The molecular weight excluding hydrogens is 264 g/mol. The molecule has 3 heterocycles. The molecule has 0 aliphatic carbocycles. The first-order valence-electron chi connectivity index (χ1n) is 7.13. The molecule has 0 radical (unpaired) electrons. The van der Waals surface area contributed by atoms with E-state index in [9.17, 15) is 0 Å². The van der Waals surface area contributed by atoms with Crippen molar-refractivity contribution >= 4 is 16.7 Å². The van der Waals surface area contributed by atoms with Crippen LogP contribution in [0, 0.1) is 6.92 Å². The fourth-order valence-corrected chi connectivity index (χ4v) is 2.63. The van der Waals surface area contributed by atoms with Crippen LogP contribution in [0.4, 0.5) is 5.69 Å². The first kappa shape index (κ1) is 13.6. The lowest BCUT2D eigenvalue weighted by Gasteiger charge is -2.06. The van der Waals surface area contributed by atoms with Gasteiger partial charge in [-0.2, -0.15) is 10.2 Å². The van der Waals surface area contributed by atoms with Crippen molar-refractivity contribution in [1.82, 2.24) is 24.5 Å². The molecule has 6 heteroatoms. The Bertz CT molecular complexity index is 783. The molecule has 0 fully saturated rings. The van der Waals surface area contributed by atoms with Gasteiger partial charge in [0.1, 0.15) is 0 Å². The number of aromatic nitrogens is 5. The molecule has 0 atom stereocenters. The van der Waals surface area contributed by atoms with Crippen LogP contribution in [0.3, 0.4) is 0 Å². The number of rotatable bonds is 4. The third-order valence-corrected chi connectivity index (χ3v) is 3.67. The second-order valence-electron chi connectivity index (χ2n) is 5.29. The number of hydrogen-bond donors (Lipinski definition) is 1. The van der Waals surface area contributed by atoms with Crippen LogP contribution in [-0.4, -0.2) is 24.5 Å². The number of anilines is 1. The summed E-state index contributed by atoms with van der Waals surface area (Å²) in [5, 5.41) is 13.4. The van der Waals surface area contributed by atoms with Crippen LogP contribution in [-0.2, 0) is 27.1 Å². The van der Waals surface area contributed by atoms with E-state index < -0.39 is 0 Å². The summed E-state index contributed by atoms with van der Waals surface area (Å²) >= 11 is 0. The van der Waals surface area contributed by atoms with Crippen molar-refractivity contribution in [2.45, 2.75) is 26.8 Å². The summed E-state index contributed by atoms with van der Waals surface area (Å²) < 4.78 is 3.67. The normalized spacial score (nSPS) is 11.2. The lowest BCUT2D eigenvalue weighted by Crippen LogP contribution is -2.01. The van der Waals surface area contributed by atoms with E-state index in [0.29, 0.717) is 0 Å². The van der Waals surface area contributed by atoms with E-state index in [1.54, 1.807) is 0 Å². The molecule has 3 aromatic heterocycles. The number of nitrogens with zero attached hydrogens (tertiary/aromatic N) is 5. The lowest BCUT2D eigenvalue weighted by atomic mass is 10.2. The maximum atomic E-state index is 4.48. The summed E-state index contributed by atoms with van der Waals surface area (Å²) in [5.41, 5.74) is 5.28. The van der Waals surface area contributed by atoms with Crippen LogP contribution in [0.2, 0.25) is 0 Å². The van der Waals surface area contributed by atoms with Crippen LogP contribution in [0.5, 0.6) is 0 Å². The van der Waals surface area contributed by atoms with E-state index in [-0.39, 0.29) is 0 Å². The number of nitrogens with one attached hydrogen (secondary N) is 1. The monoisotopic (exact) mass is 284 g/mol. The molecule has 0 aromatic carbocycles. The smallest absolute Gasteiger partial charge is 0.157 e. The summed E-state index contributed by atoms with van der Waals surface area (Å²) in [6.07, 6.45) is 4.86. The van der Waals surface area contributed by atoms with E-state index in [1.165, 1.54) is 5.56 Å². The fraction of sp³-hybridized carbons (Fsp3) is 0.400. The molecule has 0 bridgehead atoms. The molecule has 0 saturated heterocycles. The summed E-state index contributed by atoms with van der Waals surface area (Å²) in [7, 11) is 3.87. The molecule has 0 unspecified atom stereocenters. The van der Waals surface area contributed by atoms with Gasteiger partial charge < -0.3 is 5.32 Å². The fourth-order valence-electron chi connectivity index (χ4n) is 2.63. The first-order chi connectivity index (χ1) is 10.1. The highest BCUT2D eigenvalue weighted by atomic mass is 15.3. The van der Waals surface area contributed by atoms with Crippen molar-refractivity contribution in [3.63, 3.8) is 0 Å². The summed E-state index contributed by atoms with van der Waals surface area (Å²) in [4.78, 5) is 4.48. The number of hydrogen-bond acceptors (Lipinski definition) is 4. The third kappa shape index (κ3) is 2.49. The van der Waals surface area contributed by atoms with Crippen molar-refractivity contribution in [1.29, 1.82) is 0 Å². The largest absolute Gasteiger partial charge is 0.380 e. The molecular formula is C15H20N6. The highest BCUT2D eigenvalue weighted by Gasteiger charge is 2.08. The summed E-state index contributed by atoms with van der Waals surface area (Å²) in [6, 6.07) is 2.10.